The minimum absolute atomic E-state index is 0.0710. The van der Waals surface area contributed by atoms with E-state index < -0.39 is 29.2 Å². The Morgan fingerprint density at radius 2 is 1.84 bits per heavy atom. The molecule has 0 amide bonds. The highest BCUT2D eigenvalue weighted by atomic mass is 16.3. The number of aryl methyl sites for hydroxylation is 1. The van der Waals surface area contributed by atoms with E-state index in [1.165, 1.54) is 13.8 Å². The van der Waals surface area contributed by atoms with Crippen molar-refractivity contribution in [1.82, 2.24) is 0 Å². The number of aliphatic hydroxyl groups is 2. The van der Waals surface area contributed by atoms with E-state index >= 15 is 0 Å². The van der Waals surface area contributed by atoms with E-state index in [0.717, 1.165) is 5.56 Å². The van der Waals surface area contributed by atoms with Crippen LogP contribution in [0.2, 0.25) is 0 Å². The minimum atomic E-state index is -1.12. The highest BCUT2D eigenvalue weighted by molar-refractivity contribution is 6.17. The van der Waals surface area contributed by atoms with Crippen LogP contribution in [0.1, 0.15) is 67.1 Å². The first-order valence-corrected chi connectivity index (χ1v) is 10.6. The molecule has 1 aromatic carbocycles. The number of hydrogen-bond acceptors (Lipinski definition) is 7. The molecule has 1 aromatic rings. The van der Waals surface area contributed by atoms with Crippen molar-refractivity contribution < 1.29 is 34.5 Å². The Balaban J connectivity index is 2.19. The molecule has 166 valence electrons. The maximum atomic E-state index is 13.4. The lowest BCUT2D eigenvalue weighted by Gasteiger charge is -2.39. The van der Waals surface area contributed by atoms with Crippen LogP contribution in [-0.2, 0) is 27.2 Å². The van der Waals surface area contributed by atoms with Crippen LogP contribution in [0.3, 0.4) is 0 Å². The number of phenolic OH excluding ortho intramolecular Hbond substituents is 1. The molecular weight excluding hydrogens is 400 g/mol. The Morgan fingerprint density at radius 3 is 2.39 bits per heavy atom. The van der Waals surface area contributed by atoms with Crippen LogP contribution in [0.4, 0.5) is 0 Å². The fourth-order valence-corrected chi connectivity index (χ4v) is 5.13. The fourth-order valence-electron chi connectivity index (χ4n) is 5.13. The van der Waals surface area contributed by atoms with Crippen LogP contribution >= 0.6 is 0 Å². The van der Waals surface area contributed by atoms with Crippen molar-refractivity contribution >= 4 is 28.9 Å². The summed E-state index contributed by atoms with van der Waals surface area (Å²) in [5.41, 5.74) is 1.74. The van der Waals surface area contributed by atoms with Gasteiger partial charge >= 0.3 is 0 Å². The molecule has 0 aromatic heterocycles. The summed E-state index contributed by atoms with van der Waals surface area (Å²) in [5.74, 6) is -4.46. The summed E-state index contributed by atoms with van der Waals surface area (Å²) in [6.45, 7) is 4.30. The third kappa shape index (κ3) is 3.94. The molecule has 3 rings (SSSR count). The van der Waals surface area contributed by atoms with E-state index in [1.807, 2.05) is 6.92 Å². The number of carbonyl (C=O) groups is 4. The summed E-state index contributed by atoms with van der Waals surface area (Å²) in [4.78, 5) is 49.6. The molecule has 3 N–H and O–H groups in total. The Bertz CT molecular complexity index is 1000. The molecule has 7 nitrogen and oxygen atoms in total. The zero-order valence-corrected chi connectivity index (χ0v) is 18.0. The number of carbonyl (C=O) groups excluding carboxylic acids is 4. The summed E-state index contributed by atoms with van der Waals surface area (Å²) in [5, 5.41) is 31.3. The third-order valence-corrected chi connectivity index (χ3v) is 6.49. The lowest BCUT2D eigenvalue weighted by molar-refractivity contribution is -0.137. The second-order valence-electron chi connectivity index (χ2n) is 8.55. The lowest BCUT2D eigenvalue weighted by atomic mass is 9.63. The van der Waals surface area contributed by atoms with Gasteiger partial charge in [-0.1, -0.05) is 6.92 Å². The van der Waals surface area contributed by atoms with Gasteiger partial charge in [0.1, 0.15) is 17.3 Å². The second kappa shape index (κ2) is 8.75. The molecule has 31 heavy (non-hydrogen) atoms. The number of benzene rings is 1. The molecule has 0 spiro atoms. The van der Waals surface area contributed by atoms with Crippen molar-refractivity contribution in [3.63, 3.8) is 0 Å². The van der Waals surface area contributed by atoms with Gasteiger partial charge in [-0.15, -0.1) is 0 Å². The second-order valence-corrected chi connectivity index (χ2v) is 8.55. The predicted octanol–water partition coefficient (Wildman–Crippen LogP) is 2.73. The number of allylic oxidation sites excluding steroid dienone is 1. The Kier molecular flexibility index (Phi) is 6.46. The van der Waals surface area contributed by atoms with Gasteiger partial charge in [-0.3, -0.25) is 19.2 Å². The number of Topliss-reactive ketones (excluding diaryl/α,β-unsaturated/α-hetero) is 4. The first kappa shape index (κ1) is 22.9. The van der Waals surface area contributed by atoms with Gasteiger partial charge in [0.25, 0.3) is 0 Å². The number of aliphatic hydroxyl groups excluding tert-OH is 2. The van der Waals surface area contributed by atoms with E-state index in [0.29, 0.717) is 24.8 Å². The molecule has 0 heterocycles. The first-order valence-electron chi connectivity index (χ1n) is 10.6. The standard InChI is InChI=1S/C24H28O7/c1-4-13-9-16(12(3)27)22(29)21-17(13)10-15-8-14(5-6-25)19(18(28)7-11(2)26)23(30)20(15)24(21)31/h9,14-15,19,25,29,31H,4-8,10H2,1-3H3. The normalized spacial score (nSPS) is 22.7. The molecule has 0 radical (unpaired) electrons. The van der Waals surface area contributed by atoms with Crippen LogP contribution in [0.15, 0.2) is 11.6 Å². The topological polar surface area (TPSA) is 129 Å². The molecule has 3 atom stereocenters. The lowest BCUT2D eigenvalue weighted by Crippen LogP contribution is -2.43. The number of phenols is 1. The number of ketones is 4. The monoisotopic (exact) mass is 428 g/mol. The van der Waals surface area contributed by atoms with Crippen LogP contribution in [0, 0.1) is 17.8 Å². The molecule has 1 fully saturated rings. The van der Waals surface area contributed by atoms with Gasteiger partial charge in [0, 0.05) is 12.2 Å². The Morgan fingerprint density at radius 1 is 1.16 bits per heavy atom. The van der Waals surface area contributed by atoms with Crippen molar-refractivity contribution in [3.05, 3.63) is 33.9 Å². The average Bonchev–Trinajstić information content (AvgIpc) is 2.67. The van der Waals surface area contributed by atoms with Crippen molar-refractivity contribution in [3.8, 4) is 5.75 Å². The van der Waals surface area contributed by atoms with Gasteiger partial charge in [0.05, 0.1) is 23.5 Å². The summed E-state index contributed by atoms with van der Waals surface area (Å²) in [6, 6.07) is 1.63. The van der Waals surface area contributed by atoms with Gasteiger partial charge in [-0.05, 0) is 68.6 Å². The van der Waals surface area contributed by atoms with Crippen LogP contribution < -0.4 is 0 Å². The summed E-state index contributed by atoms with van der Waals surface area (Å²) in [6.07, 6.45) is 1.22. The van der Waals surface area contributed by atoms with Crippen molar-refractivity contribution in [2.45, 2.75) is 52.9 Å². The van der Waals surface area contributed by atoms with Gasteiger partial charge in [0.2, 0.25) is 0 Å². The predicted molar refractivity (Wildman–Crippen MR) is 113 cm³/mol. The first-order chi connectivity index (χ1) is 14.6. The van der Waals surface area contributed by atoms with Gasteiger partial charge < -0.3 is 15.3 Å². The summed E-state index contributed by atoms with van der Waals surface area (Å²) >= 11 is 0. The Labute approximate surface area is 180 Å². The highest BCUT2D eigenvalue weighted by Crippen LogP contribution is 2.48. The molecule has 2 aliphatic rings. The maximum absolute atomic E-state index is 13.4. The minimum Gasteiger partial charge on any atom is -0.507 e. The van der Waals surface area contributed by atoms with Crippen LogP contribution in [0.5, 0.6) is 5.75 Å². The molecule has 3 unspecified atom stereocenters. The largest absolute Gasteiger partial charge is 0.507 e. The van der Waals surface area contributed by atoms with E-state index in [-0.39, 0.29) is 59.4 Å². The van der Waals surface area contributed by atoms with E-state index in [2.05, 4.69) is 0 Å². The smallest absolute Gasteiger partial charge is 0.173 e. The molecular formula is C24H28O7. The van der Waals surface area contributed by atoms with E-state index in [4.69, 9.17) is 0 Å². The molecule has 0 aliphatic heterocycles. The van der Waals surface area contributed by atoms with Crippen LogP contribution in [-0.4, -0.2) is 45.1 Å². The van der Waals surface area contributed by atoms with Gasteiger partial charge in [-0.25, -0.2) is 0 Å². The number of rotatable bonds is 7. The molecule has 0 saturated heterocycles. The number of aromatic hydroxyl groups is 1. The van der Waals surface area contributed by atoms with E-state index in [9.17, 15) is 34.5 Å². The zero-order chi connectivity index (χ0) is 23.0. The molecule has 1 saturated carbocycles. The molecule has 7 heteroatoms. The maximum Gasteiger partial charge on any atom is 0.173 e. The summed E-state index contributed by atoms with van der Waals surface area (Å²) < 4.78 is 0. The van der Waals surface area contributed by atoms with E-state index in [1.54, 1.807) is 6.07 Å². The molecule has 0 bridgehead atoms. The van der Waals surface area contributed by atoms with Crippen molar-refractivity contribution in [2.24, 2.45) is 17.8 Å². The van der Waals surface area contributed by atoms with Crippen molar-refractivity contribution in [2.75, 3.05) is 6.61 Å². The van der Waals surface area contributed by atoms with Gasteiger partial charge in [0.15, 0.2) is 17.3 Å². The average molecular weight is 428 g/mol. The third-order valence-electron chi connectivity index (χ3n) is 6.49. The number of fused-ring (bicyclic) bond motifs is 2. The Hall–Kier alpha value is -2.80. The highest BCUT2D eigenvalue weighted by Gasteiger charge is 2.47. The number of hydrogen-bond donors (Lipinski definition) is 3. The van der Waals surface area contributed by atoms with Crippen LogP contribution in [0.25, 0.3) is 5.76 Å². The fraction of sp³-hybridized carbons (Fsp3) is 0.500. The quantitative estimate of drug-likeness (QED) is 0.450. The molecule has 2 aliphatic carbocycles. The summed E-state index contributed by atoms with van der Waals surface area (Å²) in [7, 11) is 0. The zero-order valence-electron chi connectivity index (χ0n) is 18.0. The van der Waals surface area contributed by atoms with Crippen molar-refractivity contribution in [1.29, 1.82) is 0 Å². The van der Waals surface area contributed by atoms with Gasteiger partial charge in [-0.2, -0.15) is 0 Å². The SMILES string of the molecule is CCc1cc(C(C)=O)c(O)c2c1CC1CC(CCO)C(C(=O)CC(C)=O)C(=O)C1=C2O.